The first-order valence-corrected chi connectivity index (χ1v) is 6.25. The minimum Gasteiger partial charge on any atom is -0.394 e. The molecule has 0 saturated heterocycles. The van der Waals surface area contributed by atoms with Crippen molar-refractivity contribution in [1.82, 2.24) is 5.32 Å². The van der Waals surface area contributed by atoms with Crippen molar-refractivity contribution in [2.24, 2.45) is 0 Å². The van der Waals surface area contributed by atoms with E-state index < -0.39 is 0 Å². The van der Waals surface area contributed by atoms with Crippen molar-refractivity contribution in [3.05, 3.63) is 41.5 Å². The van der Waals surface area contributed by atoms with E-state index in [0.29, 0.717) is 0 Å². The van der Waals surface area contributed by atoms with Crippen molar-refractivity contribution in [3.63, 3.8) is 0 Å². The van der Waals surface area contributed by atoms with Crippen LogP contribution in [0, 0.1) is 6.92 Å². The van der Waals surface area contributed by atoms with Crippen molar-refractivity contribution < 1.29 is 9.90 Å². The molecule has 1 atom stereocenters. The molecule has 0 aliphatic carbocycles. The van der Waals surface area contributed by atoms with E-state index in [0.717, 1.165) is 17.6 Å². The van der Waals surface area contributed by atoms with Crippen LogP contribution in [0.2, 0.25) is 0 Å². The summed E-state index contributed by atoms with van der Waals surface area (Å²) in [6.45, 7) is 5.78. The Morgan fingerprint density at radius 1 is 1.39 bits per heavy atom. The molecule has 98 valence electrons. The highest BCUT2D eigenvalue weighted by molar-refractivity contribution is 5.95. The van der Waals surface area contributed by atoms with Crippen LogP contribution in [0.3, 0.4) is 0 Å². The van der Waals surface area contributed by atoms with Gasteiger partial charge in [-0.15, -0.1) is 0 Å². The summed E-state index contributed by atoms with van der Waals surface area (Å²) in [4.78, 5) is 11.7. The molecule has 0 spiro atoms. The van der Waals surface area contributed by atoms with E-state index in [9.17, 15) is 4.79 Å². The van der Waals surface area contributed by atoms with Crippen LogP contribution in [0.1, 0.15) is 31.4 Å². The zero-order valence-corrected chi connectivity index (χ0v) is 11.2. The molecule has 0 saturated carbocycles. The zero-order chi connectivity index (χ0) is 13.5. The Morgan fingerprint density at radius 2 is 2.00 bits per heavy atom. The molecule has 1 aromatic rings. The summed E-state index contributed by atoms with van der Waals surface area (Å²) >= 11 is 0. The van der Waals surface area contributed by atoms with E-state index in [1.54, 1.807) is 13.0 Å². The molecular weight excluding hydrogens is 226 g/mol. The van der Waals surface area contributed by atoms with Gasteiger partial charge in [-0.2, -0.15) is 0 Å². The number of nitrogens with one attached hydrogen (secondary N) is 1. The summed E-state index contributed by atoms with van der Waals surface area (Å²) in [6.07, 6.45) is 2.40. The molecule has 0 fully saturated rings. The van der Waals surface area contributed by atoms with Gasteiger partial charge in [-0.1, -0.05) is 36.8 Å². The third-order valence-electron chi connectivity index (χ3n) is 2.77. The Labute approximate surface area is 109 Å². The number of allylic oxidation sites excluding steroid dienone is 1. The highest BCUT2D eigenvalue weighted by Crippen LogP contribution is 2.18. The van der Waals surface area contributed by atoms with E-state index in [-0.39, 0.29) is 18.6 Å². The average molecular weight is 247 g/mol. The molecule has 1 aromatic carbocycles. The second-order valence-electron chi connectivity index (χ2n) is 4.48. The molecule has 1 amide bonds. The second kappa shape index (κ2) is 6.97. The molecule has 0 bridgehead atoms. The minimum atomic E-state index is -0.218. The molecule has 18 heavy (non-hydrogen) atoms. The summed E-state index contributed by atoms with van der Waals surface area (Å²) in [5.74, 6) is -0.158. The van der Waals surface area contributed by atoms with Gasteiger partial charge in [0.1, 0.15) is 0 Å². The smallest absolute Gasteiger partial charge is 0.244 e. The Morgan fingerprint density at radius 3 is 2.50 bits per heavy atom. The summed E-state index contributed by atoms with van der Waals surface area (Å²) in [5, 5.41) is 11.6. The number of aryl methyl sites for hydroxylation is 1. The van der Waals surface area contributed by atoms with E-state index in [1.807, 2.05) is 38.1 Å². The number of carbonyl (C=O) groups excluding carboxylic acids is 1. The summed E-state index contributed by atoms with van der Waals surface area (Å²) in [5.41, 5.74) is 3.26. The maximum atomic E-state index is 11.7. The van der Waals surface area contributed by atoms with Gasteiger partial charge in [-0.3, -0.25) is 4.79 Å². The number of hydrogen-bond acceptors (Lipinski definition) is 2. The molecule has 0 aliphatic heterocycles. The molecule has 1 rings (SSSR count). The monoisotopic (exact) mass is 247 g/mol. The van der Waals surface area contributed by atoms with Gasteiger partial charge in [0, 0.05) is 12.1 Å². The van der Waals surface area contributed by atoms with E-state index in [2.05, 4.69) is 5.32 Å². The maximum Gasteiger partial charge on any atom is 0.244 e. The first-order valence-electron chi connectivity index (χ1n) is 6.25. The van der Waals surface area contributed by atoms with E-state index in [4.69, 9.17) is 5.11 Å². The van der Waals surface area contributed by atoms with Crippen LogP contribution < -0.4 is 5.32 Å². The van der Waals surface area contributed by atoms with Crippen molar-refractivity contribution in [1.29, 1.82) is 0 Å². The lowest BCUT2D eigenvalue weighted by Gasteiger charge is -2.10. The highest BCUT2D eigenvalue weighted by Gasteiger charge is 2.06. The van der Waals surface area contributed by atoms with Gasteiger partial charge in [-0.05, 0) is 31.4 Å². The molecule has 0 radical (unpaired) electrons. The fraction of sp³-hybridized carbons (Fsp3) is 0.400. The minimum absolute atomic E-state index is 0.0500. The first-order chi connectivity index (χ1) is 8.56. The fourth-order valence-electron chi connectivity index (χ4n) is 1.65. The Kier molecular flexibility index (Phi) is 5.59. The Bertz CT molecular complexity index is 421. The third-order valence-corrected chi connectivity index (χ3v) is 2.77. The van der Waals surface area contributed by atoms with Crippen molar-refractivity contribution in [3.8, 4) is 0 Å². The molecule has 0 heterocycles. The zero-order valence-electron chi connectivity index (χ0n) is 11.2. The predicted octanol–water partition coefficient (Wildman–Crippen LogP) is 2.29. The Hall–Kier alpha value is -1.61. The number of carbonyl (C=O) groups is 1. The number of aliphatic hydroxyl groups excluding tert-OH is 1. The highest BCUT2D eigenvalue weighted by atomic mass is 16.3. The second-order valence-corrected chi connectivity index (χ2v) is 4.48. The number of rotatable bonds is 5. The van der Waals surface area contributed by atoms with Crippen LogP contribution in [0.4, 0.5) is 0 Å². The molecule has 3 heteroatoms. The van der Waals surface area contributed by atoms with Crippen LogP contribution in [-0.2, 0) is 4.79 Å². The quantitative estimate of drug-likeness (QED) is 0.784. The first kappa shape index (κ1) is 14.5. The Balaban J connectivity index is 2.82. The number of aliphatic hydroxyl groups is 1. The van der Waals surface area contributed by atoms with E-state index >= 15 is 0 Å². The largest absolute Gasteiger partial charge is 0.394 e. The molecule has 1 unspecified atom stereocenters. The lowest BCUT2D eigenvalue weighted by Crippen LogP contribution is -2.33. The van der Waals surface area contributed by atoms with Crippen LogP contribution in [-0.4, -0.2) is 23.7 Å². The van der Waals surface area contributed by atoms with Gasteiger partial charge in [0.05, 0.1) is 6.61 Å². The molecule has 3 nitrogen and oxygen atoms in total. The molecular formula is C15H21NO2. The maximum absolute atomic E-state index is 11.7. The lowest BCUT2D eigenvalue weighted by molar-refractivity contribution is -0.117. The standard InChI is InChI=1S/C15H21NO2/c1-4-13(9-15(18)16-12(3)10-17)14-7-5-11(2)6-8-14/h5-9,12,17H,4,10H2,1-3H3,(H,16,18)/b13-9-. The molecule has 0 aliphatic rings. The van der Waals surface area contributed by atoms with Crippen molar-refractivity contribution in [2.75, 3.05) is 6.61 Å². The van der Waals surface area contributed by atoms with Gasteiger partial charge in [0.2, 0.25) is 5.91 Å². The van der Waals surface area contributed by atoms with Crippen LogP contribution in [0.15, 0.2) is 30.3 Å². The van der Waals surface area contributed by atoms with Crippen LogP contribution >= 0.6 is 0 Å². The van der Waals surface area contributed by atoms with Crippen molar-refractivity contribution >= 4 is 11.5 Å². The lowest BCUT2D eigenvalue weighted by atomic mass is 10.0. The third kappa shape index (κ3) is 4.34. The average Bonchev–Trinajstić information content (AvgIpc) is 2.37. The summed E-state index contributed by atoms with van der Waals surface area (Å²) in [7, 11) is 0. The molecule has 0 aromatic heterocycles. The number of benzene rings is 1. The van der Waals surface area contributed by atoms with E-state index in [1.165, 1.54) is 5.56 Å². The topological polar surface area (TPSA) is 49.3 Å². The van der Waals surface area contributed by atoms with Gasteiger partial charge < -0.3 is 10.4 Å². The van der Waals surface area contributed by atoms with Crippen molar-refractivity contribution in [2.45, 2.75) is 33.2 Å². The van der Waals surface area contributed by atoms with Gasteiger partial charge in [-0.25, -0.2) is 0 Å². The van der Waals surface area contributed by atoms with Gasteiger partial charge in [0.15, 0.2) is 0 Å². The SMILES string of the molecule is CC/C(=C/C(=O)NC(C)CO)c1ccc(C)cc1. The summed E-state index contributed by atoms with van der Waals surface area (Å²) < 4.78 is 0. The van der Waals surface area contributed by atoms with Gasteiger partial charge in [0.25, 0.3) is 0 Å². The predicted molar refractivity (Wildman–Crippen MR) is 74.1 cm³/mol. The number of amides is 1. The normalized spacial score (nSPS) is 13.2. The van der Waals surface area contributed by atoms with Crippen LogP contribution in [0.25, 0.3) is 5.57 Å². The van der Waals surface area contributed by atoms with Gasteiger partial charge >= 0.3 is 0 Å². The molecule has 2 N–H and O–H groups in total. The van der Waals surface area contributed by atoms with Crippen LogP contribution in [0.5, 0.6) is 0 Å². The number of hydrogen-bond donors (Lipinski definition) is 2. The fourth-order valence-corrected chi connectivity index (χ4v) is 1.65. The summed E-state index contributed by atoms with van der Waals surface area (Å²) in [6, 6.07) is 7.89.